The molecule has 1 unspecified atom stereocenters. The molecule has 0 N–H and O–H groups in total. The third kappa shape index (κ3) is 2.76. The highest BCUT2D eigenvalue weighted by Crippen LogP contribution is 2.24. The van der Waals surface area contributed by atoms with E-state index < -0.39 is 0 Å². The topological polar surface area (TPSA) is 59.7 Å². The van der Waals surface area contributed by atoms with Crippen molar-refractivity contribution in [2.75, 3.05) is 26.7 Å². The van der Waals surface area contributed by atoms with Gasteiger partial charge in [-0.3, -0.25) is 0 Å². The minimum absolute atomic E-state index is 0.350. The molecule has 1 aliphatic rings. The first kappa shape index (κ1) is 14.0. The number of pyridine rings is 1. The van der Waals surface area contributed by atoms with Gasteiger partial charge in [0.05, 0.1) is 12.7 Å². The number of nitrogens with zero attached hydrogens (tertiary/aromatic N) is 4. The third-order valence-corrected chi connectivity index (χ3v) is 4.09. The predicted molar refractivity (Wildman–Crippen MR) is 78.4 cm³/mol. The van der Waals surface area contributed by atoms with Crippen LogP contribution in [0.15, 0.2) is 18.3 Å². The molecule has 2 aromatic heterocycles. The lowest BCUT2D eigenvalue weighted by atomic mass is 9.97. The van der Waals surface area contributed by atoms with E-state index in [1.807, 2.05) is 0 Å². The van der Waals surface area contributed by atoms with Crippen LogP contribution in [0.5, 0.6) is 0 Å². The Morgan fingerprint density at radius 1 is 1.52 bits per heavy atom. The largest absolute Gasteiger partial charge is 0.465 e. The first-order valence-corrected chi connectivity index (χ1v) is 7.38. The standard InChI is InChI=1S/C15H20N4O2/c1-3-18-7-4-5-12(10-18)14-16-13-9-11(15(20)21-2)6-8-19(13)17-14/h6,8-9,12H,3-5,7,10H2,1-2H3. The summed E-state index contributed by atoms with van der Waals surface area (Å²) in [6.07, 6.45) is 4.07. The molecule has 0 bridgehead atoms. The Hall–Kier alpha value is -1.95. The molecule has 3 rings (SSSR count). The molecule has 0 aromatic carbocycles. The number of likely N-dealkylation sites (N-methyl/N-ethyl adjacent to an activating group) is 1. The molecule has 21 heavy (non-hydrogen) atoms. The number of carbonyl (C=O) groups excluding carboxylic acids is 1. The van der Waals surface area contributed by atoms with E-state index in [0.717, 1.165) is 31.9 Å². The van der Waals surface area contributed by atoms with Gasteiger partial charge in [0.25, 0.3) is 0 Å². The average molecular weight is 288 g/mol. The van der Waals surface area contributed by atoms with E-state index in [0.29, 0.717) is 17.1 Å². The fraction of sp³-hybridized carbons (Fsp3) is 0.533. The van der Waals surface area contributed by atoms with Gasteiger partial charge in [0.15, 0.2) is 11.5 Å². The first-order valence-electron chi connectivity index (χ1n) is 7.38. The monoisotopic (exact) mass is 288 g/mol. The number of esters is 1. The van der Waals surface area contributed by atoms with Gasteiger partial charge >= 0.3 is 5.97 Å². The number of carbonyl (C=O) groups is 1. The molecule has 0 saturated carbocycles. The Morgan fingerprint density at radius 2 is 2.38 bits per heavy atom. The van der Waals surface area contributed by atoms with Crippen LogP contribution in [-0.4, -0.2) is 52.2 Å². The summed E-state index contributed by atoms with van der Waals surface area (Å²) in [7, 11) is 1.38. The molecule has 6 nitrogen and oxygen atoms in total. The van der Waals surface area contributed by atoms with Crippen LogP contribution >= 0.6 is 0 Å². The van der Waals surface area contributed by atoms with Crippen LogP contribution in [0.3, 0.4) is 0 Å². The Balaban J connectivity index is 1.88. The van der Waals surface area contributed by atoms with Crippen LogP contribution in [0.2, 0.25) is 0 Å². The number of likely N-dealkylation sites (tertiary alicyclic amines) is 1. The van der Waals surface area contributed by atoms with E-state index in [-0.39, 0.29) is 5.97 Å². The minimum atomic E-state index is -0.350. The van der Waals surface area contributed by atoms with Gasteiger partial charge in [0.1, 0.15) is 0 Å². The van der Waals surface area contributed by atoms with Crippen LogP contribution in [0.1, 0.15) is 41.9 Å². The average Bonchev–Trinajstić information content (AvgIpc) is 2.97. The SMILES string of the molecule is CCN1CCCC(c2nc3cc(C(=O)OC)ccn3n2)C1. The summed E-state index contributed by atoms with van der Waals surface area (Å²) in [5, 5.41) is 4.56. The molecule has 1 aliphatic heterocycles. The lowest BCUT2D eigenvalue weighted by Crippen LogP contribution is -2.34. The van der Waals surface area contributed by atoms with Crippen LogP contribution in [0.4, 0.5) is 0 Å². The van der Waals surface area contributed by atoms with E-state index >= 15 is 0 Å². The molecule has 6 heteroatoms. The zero-order valence-electron chi connectivity index (χ0n) is 12.5. The number of rotatable bonds is 3. The Labute approximate surface area is 123 Å². The van der Waals surface area contributed by atoms with Crippen molar-refractivity contribution in [3.05, 3.63) is 29.7 Å². The van der Waals surface area contributed by atoms with Gasteiger partial charge in [0.2, 0.25) is 0 Å². The molecular formula is C15H20N4O2. The summed E-state index contributed by atoms with van der Waals surface area (Å²) in [6.45, 7) is 5.42. The normalized spacial score (nSPS) is 19.8. The Morgan fingerprint density at radius 3 is 3.14 bits per heavy atom. The molecule has 0 spiro atoms. The van der Waals surface area contributed by atoms with Crippen LogP contribution in [-0.2, 0) is 4.74 Å². The van der Waals surface area contributed by atoms with Gasteiger partial charge in [-0.2, -0.15) is 5.10 Å². The predicted octanol–water partition coefficient (Wildman–Crippen LogP) is 1.72. The highest BCUT2D eigenvalue weighted by molar-refractivity contribution is 5.90. The van der Waals surface area contributed by atoms with Gasteiger partial charge in [-0.05, 0) is 38.1 Å². The van der Waals surface area contributed by atoms with Crippen molar-refractivity contribution in [1.29, 1.82) is 0 Å². The molecule has 2 aromatic rings. The van der Waals surface area contributed by atoms with Crippen molar-refractivity contribution in [2.24, 2.45) is 0 Å². The molecule has 0 amide bonds. The van der Waals surface area contributed by atoms with Crippen molar-refractivity contribution >= 4 is 11.6 Å². The van der Waals surface area contributed by atoms with E-state index in [1.54, 1.807) is 22.8 Å². The highest BCUT2D eigenvalue weighted by atomic mass is 16.5. The first-order chi connectivity index (χ1) is 10.2. The molecule has 0 aliphatic carbocycles. The maximum atomic E-state index is 11.6. The van der Waals surface area contributed by atoms with Gasteiger partial charge in [-0.15, -0.1) is 0 Å². The molecule has 1 saturated heterocycles. The van der Waals surface area contributed by atoms with Gasteiger partial charge < -0.3 is 9.64 Å². The van der Waals surface area contributed by atoms with E-state index in [4.69, 9.17) is 4.74 Å². The Kier molecular flexibility index (Phi) is 3.88. The quantitative estimate of drug-likeness (QED) is 0.805. The van der Waals surface area contributed by atoms with Crippen LogP contribution in [0.25, 0.3) is 5.65 Å². The lowest BCUT2D eigenvalue weighted by Gasteiger charge is -2.30. The smallest absolute Gasteiger partial charge is 0.338 e. The summed E-state index contributed by atoms with van der Waals surface area (Å²) in [6, 6.07) is 3.43. The fourth-order valence-electron chi connectivity index (χ4n) is 2.87. The zero-order chi connectivity index (χ0) is 14.8. The summed E-state index contributed by atoms with van der Waals surface area (Å²) in [5.74, 6) is 0.896. The Bertz CT molecular complexity index is 652. The van der Waals surface area contributed by atoms with Crippen LogP contribution < -0.4 is 0 Å². The van der Waals surface area contributed by atoms with Crippen molar-refractivity contribution < 1.29 is 9.53 Å². The van der Waals surface area contributed by atoms with Crippen molar-refractivity contribution in [3.63, 3.8) is 0 Å². The molecule has 0 radical (unpaired) electrons. The molecule has 1 fully saturated rings. The second-order valence-corrected chi connectivity index (χ2v) is 5.41. The number of hydrogen-bond acceptors (Lipinski definition) is 5. The number of ether oxygens (including phenoxy) is 1. The number of methoxy groups -OCH3 is 1. The van der Waals surface area contributed by atoms with Gasteiger partial charge in [0, 0.05) is 18.7 Å². The second-order valence-electron chi connectivity index (χ2n) is 5.41. The zero-order valence-corrected chi connectivity index (χ0v) is 12.5. The summed E-state index contributed by atoms with van der Waals surface area (Å²) < 4.78 is 6.46. The minimum Gasteiger partial charge on any atom is -0.465 e. The third-order valence-electron chi connectivity index (χ3n) is 4.09. The van der Waals surface area contributed by atoms with Crippen LogP contribution in [0, 0.1) is 0 Å². The van der Waals surface area contributed by atoms with Crippen molar-refractivity contribution in [2.45, 2.75) is 25.7 Å². The molecule has 1 atom stereocenters. The number of hydrogen-bond donors (Lipinski definition) is 0. The second kappa shape index (κ2) is 5.81. The highest BCUT2D eigenvalue weighted by Gasteiger charge is 2.24. The maximum absolute atomic E-state index is 11.6. The maximum Gasteiger partial charge on any atom is 0.338 e. The number of aromatic nitrogens is 3. The van der Waals surface area contributed by atoms with Crippen molar-refractivity contribution in [1.82, 2.24) is 19.5 Å². The fourth-order valence-corrected chi connectivity index (χ4v) is 2.87. The van der Waals surface area contributed by atoms with E-state index in [1.165, 1.54) is 13.5 Å². The lowest BCUT2D eigenvalue weighted by molar-refractivity contribution is 0.0600. The summed E-state index contributed by atoms with van der Waals surface area (Å²) in [4.78, 5) is 18.6. The number of fused-ring (bicyclic) bond motifs is 1. The molecule has 3 heterocycles. The summed E-state index contributed by atoms with van der Waals surface area (Å²) >= 11 is 0. The number of piperidine rings is 1. The summed E-state index contributed by atoms with van der Waals surface area (Å²) in [5.41, 5.74) is 1.20. The molecule has 112 valence electrons. The van der Waals surface area contributed by atoms with E-state index in [2.05, 4.69) is 21.9 Å². The van der Waals surface area contributed by atoms with E-state index in [9.17, 15) is 4.79 Å². The van der Waals surface area contributed by atoms with Crippen molar-refractivity contribution in [3.8, 4) is 0 Å². The molecular weight excluding hydrogens is 268 g/mol. The van der Waals surface area contributed by atoms with Gasteiger partial charge in [-0.1, -0.05) is 6.92 Å². The van der Waals surface area contributed by atoms with Gasteiger partial charge in [-0.25, -0.2) is 14.3 Å².